The van der Waals surface area contributed by atoms with Crippen LogP contribution in [0.3, 0.4) is 0 Å². The highest BCUT2D eigenvalue weighted by Gasteiger charge is 2.14. The summed E-state index contributed by atoms with van der Waals surface area (Å²) in [6.07, 6.45) is -0.605. The van der Waals surface area contributed by atoms with E-state index < -0.39 is 6.10 Å². The van der Waals surface area contributed by atoms with E-state index in [1.807, 2.05) is 24.3 Å². The van der Waals surface area contributed by atoms with Gasteiger partial charge in [0, 0.05) is 20.2 Å². The number of nitrogens with two attached hydrogens (primary N) is 1. The minimum absolute atomic E-state index is 0.0194. The number of hydrogen-bond acceptors (Lipinski definition) is 4. The molecule has 0 saturated heterocycles. The van der Waals surface area contributed by atoms with Gasteiger partial charge in [-0.05, 0) is 11.1 Å². The maximum atomic E-state index is 11.5. The van der Waals surface area contributed by atoms with Gasteiger partial charge in [0.15, 0.2) is 0 Å². The van der Waals surface area contributed by atoms with Crippen LogP contribution in [0.15, 0.2) is 24.3 Å². The molecule has 0 aliphatic rings. The lowest BCUT2D eigenvalue weighted by Crippen LogP contribution is -2.40. The highest BCUT2D eigenvalue weighted by Crippen LogP contribution is 2.04. The molecule has 0 radical (unpaired) electrons. The van der Waals surface area contributed by atoms with E-state index in [0.717, 1.165) is 11.1 Å². The average molecular weight is 238 g/mol. The number of hydrogen-bond donors (Lipinski definition) is 3. The number of benzene rings is 1. The standard InChI is InChI=1S/C12H18N2O3/c1-17-11(6-13)12(16)14-7-9-2-4-10(8-15)5-3-9/h2-5,11,15H,6-8,13H2,1H3,(H,14,16). The summed E-state index contributed by atoms with van der Waals surface area (Å²) >= 11 is 0. The molecule has 1 unspecified atom stereocenters. The zero-order chi connectivity index (χ0) is 12.7. The summed E-state index contributed by atoms with van der Waals surface area (Å²) in [5.41, 5.74) is 7.18. The van der Waals surface area contributed by atoms with Crippen LogP contribution >= 0.6 is 0 Å². The van der Waals surface area contributed by atoms with E-state index in [1.54, 1.807) is 0 Å². The Morgan fingerprint density at radius 3 is 2.47 bits per heavy atom. The van der Waals surface area contributed by atoms with E-state index in [2.05, 4.69) is 5.32 Å². The molecule has 1 atom stereocenters. The topological polar surface area (TPSA) is 84.6 Å². The number of carbonyl (C=O) groups excluding carboxylic acids is 1. The van der Waals surface area contributed by atoms with Crippen LogP contribution in [0.5, 0.6) is 0 Å². The second-order valence-electron chi connectivity index (χ2n) is 3.65. The molecular weight excluding hydrogens is 220 g/mol. The Kier molecular flexibility index (Phi) is 5.62. The predicted molar refractivity (Wildman–Crippen MR) is 64.1 cm³/mol. The number of carbonyl (C=O) groups is 1. The molecule has 1 aromatic carbocycles. The molecule has 1 aromatic rings. The van der Waals surface area contributed by atoms with Crippen LogP contribution < -0.4 is 11.1 Å². The van der Waals surface area contributed by atoms with Gasteiger partial charge in [0.1, 0.15) is 6.10 Å². The van der Waals surface area contributed by atoms with Crippen molar-refractivity contribution >= 4 is 5.91 Å². The third kappa shape index (κ3) is 4.14. The van der Waals surface area contributed by atoms with Crippen LogP contribution in [0.1, 0.15) is 11.1 Å². The summed E-state index contributed by atoms with van der Waals surface area (Å²) < 4.78 is 4.92. The molecule has 17 heavy (non-hydrogen) atoms. The van der Waals surface area contributed by atoms with Gasteiger partial charge >= 0.3 is 0 Å². The first-order chi connectivity index (χ1) is 8.21. The van der Waals surface area contributed by atoms with Crippen molar-refractivity contribution in [3.05, 3.63) is 35.4 Å². The van der Waals surface area contributed by atoms with Crippen molar-refractivity contribution in [2.24, 2.45) is 5.73 Å². The average Bonchev–Trinajstić information content (AvgIpc) is 2.38. The molecule has 5 heteroatoms. The van der Waals surface area contributed by atoms with Gasteiger partial charge in [0.05, 0.1) is 6.61 Å². The van der Waals surface area contributed by atoms with Crippen molar-refractivity contribution in [2.75, 3.05) is 13.7 Å². The van der Waals surface area contributed by atoms with Gasteiger partial charge in [-0.15, -0.1) is 0 Å². The Morgan fingerprint density at radius 2 is 2.00 bits per heavy atom. The Balaban J connectivity index is 2.46. The second kappa shape index (κ2) is 7.01. The maximum absolute atomic E-state index is 11.5. The number of methoxy groups -OCH3 is 1. The van der Waals surface area contributed by atoms with Crippen LogP contribution in [0.2, 0.25) is 0 Å². The molecule has 0 heterocycles. The molecule has 0 saturated carbocycles. The summed E-state index contributed by atoms with van der Waals surface area (Å²) in [5.74, 6) is -0.221. The molecule has 0 fully saturated rings. The van der Waals surface area contributed by atoms with Gasteiger partial charge in [-0.1, -0.05) is 24.3 Å². The van der Waals surface area contributed by atoms with Gasteiger partial charge in [-0.2, -0.15) is 0 Å². The molecule has 0 aliphatic carbocycles. The number of ether oxygens (including phenoxy) is 1. The number of nitrogens with one attached hydrogen (secondary N) is 1. The smallest absolute Gasteiger partial charge is 0.250 e. The number of aliphatic hydroxyl groups excluding tert-OH is 1. The zero-order valence-electron chi connectivity index (χ0n) is 9.85. The normalized spacial score (nSPS) is 12.2. The van der Waals surface area contributed by atoms with Gasteiger partial charge in [0.25, 0.3) is 5.91 Å². The molecule has 5 nitrogen and oxygen atoms in total. The fourth-order valence-corrected chi connectivity index (χ4v) is 1.38. The van der Waals surface area contributed by atoms with Crippen molar-refractivity contribution < 1.29 is 14.6 Å². The van der Waals surface area contributed by atoms with Gasteiger partial charge in [0.2, 0.25) is 0 Å². The Bertz CT molecular complexity index is 347. The third-order valence-corrected chi connectivity index (χ3v) is 2.46. The van der Waals surface area contributed by atoms with Crippen LogP contribution in [-0.2, 0) is 22.7 Å². The fourth-order valence-electron chi connectivity index (χ4n) is 1.38. The molecule has 4 N–H and O–H groups in total. The first-order valence-electron chi connectivity index (χ1n) is 5.40. The van der Waals surface area contributed by atoms with Crippen molar-refractivity contribution in [3.63, 3.8) is 0 Å². The summed E-state index contributed by atoms with van der Waals surface area (Å²) in [6, 6.07) is 7.35. The largest absolute Gasteiger partial charge is 0.392 e. The fraction of sp³-hybridized carbons (Fsp3) is 0.417. The summed E-state index contributed by atoms with van der Waals surface area (Å²) in [4.78, 5) is 11.5. The second-order valence-corrected chi connectivity index (χ2v) is 3.65. The van der Waals surface area contributed by atoms with Gasteiger partial charge in [-0.3, -0.25) is 4.79 Å². The molecule has 0 spiro atoms. The van der Waals surface area contributed by atoms with Crippen LogP contribution in [-0.4, -0.2) is 30.8 Å². The van der Waals surface area contributed by atoms with Gasteiger partial charge in [-0.25, -0.2) is 0 Å². The molecule has 1 rings (SSSR count). The van der Waals surface area contributed by atoms with Crippen molar-refractivity contribution in [3.8, 4) is 0 Å². The van der Waals surface area contributed by atoms with Crippen LogP contribution in [0.4, 0.5) is 0 Å². The predicted octanol–water partition coefficient (Wildman–Crippen LogP) is -0.231. The Hall–Kier alpha value is -1.43. The highest BCUT2D eigenvalue weighted by atomic mass is 16.5. The molecule has 0 aromatic heterocycles. The lowest BCUT2D eigenvalue weighted by Gasteiger charge is -2.13. The van der Waals surface area contributed by atoms with E-state index >= 15 is 0 Å². The Labute approximate surface area is 101 Å². The van der Waals surface area contributed by atoms with Crippen molar-refractivity contribution in [1.82, 2.24) is 5.32 Å². The lowest BCUT2D eigenvalue weighted by atomic mass is 10.1. The van der Waals surface area contributed by atoms with E-state index in [-0.39, 0.29) is 19.1 Å². The molecule has 0 bridgehead atoms. The minimum Gasteiger partial charge on any atom is -0.392 e. The summed E-state index contributed by atoms with van der Waals surface area (Å²) in [6.45, 7) is 0.599. The van der Waals surface area contributed by atoms with Gasteiger partial charge < -0.3 is 20.9 Å². The van der Waals surface area contributed by atoms with Crippen LogP contribution in [0.25, 0.3) is 0 Å². The molecule has 0 aliphatic heterocycles. The minimum atomic E-state index is -0.605. The van der Waals surface area contributed by atoms with Crippen molar-refractivity contribution in [1.29, 1.82) is 0 Å². The lowest BCUT2D eigenvalue weighted by molar-refractivity contribution is -0.130. The zero-order valence-corrected chi connectivity index (χ0v) is 9.85. The van der Waals surface area contributed by atoms with Crippen molar-refractivity contribution in [2.45, 2.75) is 19.3 Å². The Morgan fingerprint density at radius 1 is 1.41 bits per heavy atom. The maximum Gasteiger partial charge on any atom is 0.250 e. The summed E-state index contributed by atoms with van der Waals surface area (Å²) in [7, 11) is 1.45. The van der Waals surface area contributed by atoms with E-state index in [4.69, 9.17) is 15.6 Å². The first-order valence-corrected chi connectivity index (χ1v) is 5.40. The monoisotopic (exact) mass is 238 g/mol. The SMILES string of the molecule is COC(CN)C(=O)NCc1ccc(CO)cc1. The summed E-state index contributed by atoms with van der Waals surface area (Å²) in [5, 5.41) is 11.6. The quantitative estimate of drug-likeness (QED) is 0.639. The molecule has 1 amide bonds. The molecular formula is C12H18N2O3. The number of aliphatic hydroxyl groups is 1. The first kappa shape index (κ1) is 13.6. The molecule has 94 valence electrons. The number of rotatable bonds is 6. The number of amides is 1. The van der Waals surface area contributed by atoms with Crippen LogP contribution in [0, 0.1) is 0 Å². The van der Waals surface area contributed by atoms with E-state index in [0.29, 0.717) is 6.54 Å². The van der Waals surface area contributed by atoms with E-state index in [9.17, 15) is 4.79 Å². The highest BCUT2D eigenvalue weighted by molar-refractivity contribution is 5.80. The van der Waals surface area contributed by atoms with E-state index in [1.165, 1.54) is 7.11 Å². The third-order valence-electron chi connectivity index (χ3n) is 2.46.